The maximum absolute atomic E-state index is 12.2. The average molecular weight is 347 g/mol. The summed E-state index contributed by atoms with van der Waals surface area (Å²) in [6, 6.07) is 5.49. The van der Waals surface area contributed by atoms with Crippen LogP contribution in [-0.2, 0) is 4.79 Å². The van der Waals surface area contributed by atoms with Crippen molar-refractivity contribution in [2.45, 2.75) is 19.8 Å². The Bertz CT molecular complexity index is 489. The van der Waals surface area contributed by atoms with Gasteiger partial charge in [0.2, 0.25) is 0 Å². The predicted octanol–water partition coefficient (Wildman–Crippen LogP) is 2.91. The molecule has 1 fully saturated rings. The summed E-state index contributed by atoms with van der Waals surface area (Å²) in [5.74, 6) is 1.41. The molecule has 1 aliphatic heterocycles. The highest BCUT2D eigenvalue weighted by atomic mass is 35.5. The lowest BCUT2D eigenvalue weighted by Crippen LogP contribution is -2.42. The first-order chi connectivity index (χ1) is 10.1. The first-order valence-electron chi connectivity index (χ1n) is 7.42. The van der Waals surface area contributed by atoms with Crippen LogP contribution in [0.5, 0.6) is 5.75 Å². The topological polar surface area (TPSA) is 41.6 Å². The highest BCUT2D eigenvalue weighted by Crippen LogP contribution is 2.25. The van der Waals surface area contributed by atoms with Crippen molar-refractivity contribution in [2.24, 2.45) is 5.92 Å². The smallest absolute Gasteiger partial charge is 0.260 e. The largest absolute Gasteiger partial charge is 0.483 e. The Hall–Kier alpha value is -0.970. The van der Waals surface area contributed by atoms with E-state index in [1.165, 1.54) is 0 Å². The maximum atomic E-state index is 12.2. The summed E-state index contributed by atoms with van der Waals surface area (Å²) >= 11 is 6.04. The van der Waals surface area contributed by atoms with Gasteiger partial charge < -0.3 is 15.0 Å². The predicted molar refractivity (Wildman–Crippen MR) is 92.2 cm³/mol. The van der Waals surface area contributed by atoms with E-state index in [0.29, 0.717) is 16.7 Å². The van der Waals surface area contributed by atoms with E-state index >= 15 is 0 Å². The molecular weight excluding hydrogens is 323 g/mol. The van der Waals surface area contributed by atoms with Crippen LogP contribution in [0.15, 0.2) is 18.2 Å². The van der Waals surface area contributed by atoms with Crippen molar-refractivity contribution in [3.63, 3.8) is 0 Å². The van der Waals surface area contributed by atoms with Crippen LogP contribution in [0, 0.1) is 12.8 Å². The minimum absolute atomic E-state index is 0. The molecule has 0 radical (unpaired) electrons. The zero-order valence-electron chi connectivity index (χ0n) is 13.1. The van der Waals surface area contributed by atoms with Gasteiger partial charge in [-0.3, -0.25) is 4.79 Å². The van der Waals surface area contributed by atoms with E-state index in [2.05, 4.69) is 5.32 Å². The number of likely N-dealkylation sites (tertiary alicyclic amines) is 1. The number of piperidine rings is 1. The summed E-state index contributed by atoms with van der Waals surface area (Å²) in [6.07, 6.45) is 2.12. The van der Waals surface area contributed by atoms with E-state index in [9.17, 15) is 4.79 Å². The van der Waals surface area contributed by atoms with Crippen LogP contribution in [0.3, 0.4) is 0 Å². The fraction of sp³-hybridized carbons (Fsp3) is 0.562. The lowest BCUT2D eigenvalue weighted by molar-refractivity contribution is -0.134. The van der Waals surface area contributed by atoms with Crippen molar-refractivity contribution < 1.29 is 9.53 Å². The molecule has 0 bridgehead atoms. The Balaban J connectivity index is 0.00000242. The number of halogens is 2. The molecule has 1 aromatic carbocycles. The SMILES string of the molecule is CNCC1CCN(C(=O)COc2cccc(Cl)c2C)CC1.Cl. The highest BCUT2D eigenvalue weighted by Gasteiger charge is 2.22. The number of carbonyl (C=O) groups excluding carboxylic acids is 1. The van der Waals surface area contributed by atoms with Gasteiger partial charge in [-0.25, -0.2) is 0 Å². The van der Waals surface area contributed by atoms with Crippen molar-refractivity contribution >= 4 is 29.9 Å². The Morgan fingerprint density at radius 1 is 1.41 bits per heavy atom. The molecule has 1 N–H and O–H groups in total. The molecule has 1 amide bonds. The summed E-state index contributed by atoms with van der Waals surface area (Å²) in [4.78, 5) is 14.1. The molecule has 22 heavy (non-hydrogen) atoms. The number of amides is 1. The van der Waals surface area contributed by atoms with Gasteiger partial charge in [-0.1, -0.05) is 17.7 Å². The second-order valence-corrected chi connectivity index (χ2v) is 5.94. The Labute approximate surface area is 143 Å². The molecule has 124 valence electrons. The van der Waals surface area contributed by atoms with Gasteiger partial charge in [0, 0.05) is 23.7 Å². The summed E-state index contributed by atoms with van der Waals surface area (Å²) in [5.41, 5.74) is 0.875. The number of benzene rings is 1. The molecule has 6 heteroatoms. The van der Waals surface area contributed by atoms with Gasteiger partial charge in [-0.15, -0.1) is 12.4 Å². The van der Waals surface area contributed by atoms with Gasteiger partial charge in [-0.2, -0.15) is 0 Å². The number of hydrogen-bond acceptors (Lipinski definition) is 3. The number of ether oxygens (including phenoxy) is 1. The van der Waals surface area contributed by atoms with E-state index in [1.807, 2.05) is 37.1 Å². The molecule has 0 atom stereocenters. The number of nitrogens with one attached hydrogen (secondary N) is 1. The molecule has 0 saturated carbocycles. The molecule has 1 aliphatic rings. The Morgan fingerprint density at radius 2 is 2.09 bits per heavy atom. The monoisotopic (exact) mass is 346 g/mol. The molecule has 0 aromatic heterocycles. The standard InChI is InChI=1S/C16H23ClN2O2.ClH/c1-12-14(17)4-3-5-15(12)21-11-16(20)19-8-6-13(7-9-19)10-18-2;/h3-5,13,18H,6-11H2,1-2H3;1H. The Morgan fingerprint density at radius 3 is 2.73 bits per heavy atom. The summed E-state index contributed by atoms with van der Waals surface area (Å²) < 4.78 is 5.62. The number of rotatable bonds is 5. The maximum Gasteiger partial charge on any atom is 0.260 e. The third kappa shape index (κ3) is 5.04. The summed E-state index contributed by atoms with van der Waals surface area (Å²) in [6.45, 7) is 4.65. The van der Waals surface area contributed by atoms with Gasteiger partial charge in [0.1, 0.15) is 5.75 Å². The fourth-order valence-electron chi connectivity index (χ4n) is 2.65. The van der Waals surface area contributed by atoms with Crippen LogP contribution in [0.25, 0.3) is 0 Å². The minimum atomic E-state index is 0. The van der Waals surface area contributed by atoms with Crippen molar-refractivity contribution in [2.75, 3.05) is 33.3 Å². The molecule has 0 unspecified atom stereocenters. The van der Waals surface area contributed by atoms with E-state index in [4.69, 9.17) is 16.3 Å². The molecular formula is C16H24Cl2N2O2. The Kier molecular flexibility index (Phi) is 8.01. The second kappa shape index (κ2) is 9.23. The van der Waals surface area contributed by atoms with Gasteiger partial charge in [-0.05, 0) is 51.4 Å². The van der Waals surface area contributed by atoms with Crippen LogP contribution in [-0.4, -0.2) is 44.1 Å². The quantitative estimate of drug-likeness (QED) is 0.891. The number of hydrogen-bond donors (Lipinski definition) is 1. The first-order valence-corrected chi connectivity index (χ1v) is 7.80. The van der Waals surface area contributed by atoms with Crippen molar-refractivity contribution in [3.05, 3.63) is 28.8 Å². The van der Waals surface area contributed by atoms with E-state index in [0.717, 1.165) is 38.0 Å². The summed E-state index contributed by atoms with van der Waals surface area (Å²) in [7, 11) is 1.97. The van der Waals surface area contributed by atoms with Crippen molar-refractivity contribution in [1.29, 1.82) is 0 Å². The molecule has 4 nitrogen and oxygen atoms in total. The summed E-state index contributed by atoms with van der Waals surface area (Å²) in [5, 5.41) is 3.86. The number of nitrogens with zero attached hydrogens (tertiary/aromatic N) is 1. The minimum Gasteiger partial charge on any atom is -0.483 e. The van der Waals surface area contributed by atoms with Gasteiger partial charge in [0.15, 0.2) is 6.61 Å². The van der Waals surface area contributed by atoms with E-state index in [1.54, 1.807) is 0 Å². The molecule has 1 aromatic rings. The van der Waals surface area contributed by atoms with Crippen LogP contribution in [0.4, 0.5) is 0 Å². The molecule has 2 rings (SSSR count). The van der Waals surface area contributed by atoms with Gasteiger partial charge >= 0.3 is 0 Å². The van der Waals surface area contributed by atoms with Crippen LogP contribution >= 0.6 is 24.0 Å². The van der Waals surface area contributed by atoms with E-state index in [-0.39, 0.29) is 24.9 Å². The third-order valence-corrected chi connectivity index (χ3v) is 4.44. The van der Waals surface area contributed by atoms with Gasteiger partial charge in [0.05, 0.1) is 0 Å². The zero-order chi connectivity index (χ0) is 15.2. The van der Waals surface area contributed by atoms with Crippen molar-refractivity contribution in [1.82, 2.24) is 10.2 Å². The average Bonchev–Trinajstić information content (AvgIpc) is 2.49. The van der Waals surface area contributed by atoms with E-state index < -0.39 is 0 Å². The lowest BCUT2D eigenvalue weighted by Gasteiger charge is -2.31. The molecule has 1 heterocycles. The van der Waals surface area contributed by atoms with Crippen LogP contribution < -0.4 is 10.1 Å². The highest BCUT2D eigenvalue weighted by molar-refractivity contribution is 6.31. The fourth-order valence-corrected chi connectivity index (χ4v) is 2.82. The second-order valence-electron chi connectivity index (χ2n) is 5.53. The molecule has 0 aliphatic carbocycles. The van der Waals surface area contributed by atoms with Crippen LogP contribution in [0.2, 0.25) is 5.02 Å². The van der Waals surface area contributed by atoms with Gasteiger partial charge in [0.25, 0.3) is 5.91 Å². The van der Waals surface area contributed by atoms with Crippen LogP contribution in [0.1, 0.15) is 18.4 Å². The number of carbonyl (C=O) groups is 1. The first kappa shape index (κ1) is 19.1. The zero-order valence-corrected chi connectivity index (χ0v) is 14.7. The van der Waals surface area contributed by atoms with Crippen molar-refractivity contribution in [3.8, 4) is 5.75 Å². The normalized spacial score (nSPS) is 15.3. The lowest BCUT2D eigenvalue weighted by atomic mass is 9.97. The molecule has 0 spiro atoms. The molecule has 1 saturated heterocycles. The third-order valence-electron chi connectivity index (χ3n) is 4.03.